The first-order valence-electron chi connectivity index (χ1n) is 8.52. The Labute approximate surface area is 147 Å². The molecule has 0 fully saturated rings. The fourth-order valence-corrected chi connectivity index (χ4v) is 2.98. The number of fused-ring (bicyclic) bond motifs is 1. The highest BCUT2D eigenvalue weighted by molar-refractivity contribution is 5.78. The molecule has 2 aromatic rings. The summed E-state index contributed by atoms with van der Waals surface area (Å²) in [5.74, 6) is 0.995. The number of hydrogen-bond donors (Lipinski definition) is 1. The molecular formula is C20H22FNO3. The Morgan fingerprint density at radius 2 is 2.12 bits per heavy atom. The maximum atomic E-state index is 13.6. The number of rotatable bonds is 6. The molecule has 0 aliphatic carbocycles. The van der Waals surface area contributed by atoms with Gasteiger partial charge in [-0.05, 0) is 37.6 Å². The summed E-state index contributed by atoms with van der Waals surface area (Å²) in [5, 5.41) is 2.83. The lowest BCUT2D eigenvalue weighted by Gasteiger charge is -2.13. The molecule has 2 aromatic carbocycles. The zero-order valence-corrected chi connectivity index (χ0v) is 14.5. The molecule has 0 radical (unpaired) electrons. The van der Waals surface area contributed by atoms with Crippen molar-refractivity contribution in [3.8, 4) is 11.5 Å². The zero-order valence-electron chi connectivity index (χ0n) is 14.5. The molecule has 1 aliphatic heterocycles. The predicted molar refractivity (Wildman–Crippen MR) is 93.4 cm³/mol. The smallest absolute Gasteiger partial charge is 0.224 e. The molecule has 0 spiro atoms. The van der Waals surface area contributed by atoms with Gasteiger partial charge >= 0.3 is 0 Å². The molecule has 25 heavy (non-hydrogen) atoms. The quantitative estimate of drug-likeness (QED) is 0.874. The first kappa shape index (κ1) is 17.3. The number of carbonyl (C=O) groups excluding carboxylic acids is 1. The topological polar surface area (TPSA) is 47.6 Å². The zero-order chi connectivity index (χ0) is 17.8. The highest BCUT2D eigenvalue weighted by Crippen LogP contribution is 2.35. The second-order valence-electron chi connectivity index (χ2n) is 6.18. The van der Waals surface area contributed by atoms with Crippen LogP contribution in [0.4, 0.5) is 4.39 Å². The molecule has 1 N–H and O–H groups in total. The van der Waals surface area contributed by atoms with Gasteiger partial charge in [0.15, 0.2) is 0 Å². The van der Waals surface area contributed by atoms with E-state index in [1.54, 1.807) is 18.2 Å². The van der Waals surface area contributed by atoms with Crippen LogP contribution in [0.2, 0.25) is 0 Å². The van der Waals surface area contributed by atoms with E-state index in [2.05, 4.69) is 5.32 Å². The van der Waals surface area contributed by atoms with Crippen LogP contribution in [0.25, 0.3) is 0 Å². The molecule has 1 atom stereocenters. The average molecular weight is 343 g/mol. The lowest BCUT2D eigenvalue weighted by atomic mass is 10.1. The fraction of sp³-hybridized carbons (Fsp3) is 0.350. The van der Waals surface area contributed by atoms with Gasteiger partial charge in [0.25, 0.3) is 0 Å². The normalized spacial score (nSPS) is 15.4. The van der Waals surface area contributed by atoms with Gasteiger partial charge in [-0.25, -0.2) is 4.39 Å². The Morgan fingerprint density at radius 1 is 1.32 bits per heavy atom. The first-order chi connectivity index (χ1) is 12.1. The Morgan fingerprint density at radius 3 is 2.88 bits per heavy atom. The van der Waals surface area contributed by atoms with E-state index >= 15 is 0 Å². The molecule has 0 bridgehead atoms. The molecule has 0 saturated carbocycles. The van der Waals surface area contributed by atoms with Crippen molar-refractivity contribution in [3.05, 3.63) is 58.9 Å². The summed E-state index contributed by atoms with van der Waals surface area (Å²) in [4.78, 5) is 12.1. The van der Waals surface area contributed by atoms with Gasteiger partial charge in [-0.15, -0.1) is 0 Å². The van der Waals surface area contributed by atoms with Gasteiger partial charge in [0.05, 0.1) is 13.0 Å². The van der Waals surface area contributed by atoms with Crippen molar-refractivity contribution >= 4 is 5.91 Å². The van der Waals surface area contributed by atoms with Crippen LogP contribution in [0.15, 0.2) is 36.4 Å². The Kier molecular flexibility index (Phi) is 5.22. The summed E-state index contributed by atoms with van der Waals surface area (Å²) in [6.07, 6.45) is 1.01. The van der Waals surface area contributed by atoms with Crippen molar-refractivity contribution in [2.24, 2.45) is 0 Å². The van der Waals surface area contributed by atoms with Gasteiger partial charge in [-0.1, -0.05) is 18.2 Å². The van der Waals surface area contributed by atoms with E-state index in [-0.39, 0.29) is 24.2 Å². The van der Waals surface area contributed by atoms with Crippen LogP contribution in [0.3, 0.4) is 0 Å². The lowest BCUT2D eigenvalue weighted by Crippen LogP contribution is -2.25. The van der Waals surface area contributed by atoms with Gasteiger partial charge in [0.1, 0.15) is 23.4 Å². The average Bonchev–Trinajstić information content (AvgIpc) is 2.94. The minimum absolute atomic E-state index is 0.00904. The number of ether oxygens (including phenoxy) is 2. The molecule has 1 amide bonds. The van der Waals surface area contributed by atoms with Gasteiger partial charge in [-0.3, -0.25) is 4.79 Å². The standard InChI is InChI=1S/C20H22FNO3/c1-3-24-18-9-15-8-13(2)25-19(15)10-16(18)12-22-20(23)11-14-6-4-5-7-17(14)21/h4-7,9-10,13H,3,8,11-12H2,1-2H3,(H,22,23)/t13-/m0/s1. The molecule has 0 saturated heterocycles. The summed E-state index contributed by atoms with van der Waals surface area (Å²) in [7, 11) is 0. The highest BCUT2D eigenvalue weighted by atomic mass is 19.1. The molecular weight excluding hydrogens is 321 g/mol. The maximum absolute atomic E-state index is 13.6. The Bertz CT molecular complexity index is 776. The van der Waals surface area contributed by atoms with Crippen LogP contribution in [0.1, 0.15) is 30.5 Å². The molecule has 0 unspecified atom stereocenters. The highest BCUT2D eigenvalue weighted by Gasteiger charge is 2.22. The Hall–Kier alpha value is -2.56. The number of halogens is 1. The minimum Gasteiger partial charge on any atom is -0.494 e. The van der Waals surface area contributed by atoms with E-state index in [0.717, 1.165) is 29.0 Å². The first-order valence-corrected chi connectivity index (χ1v) is 8.52. The predicted octanol–water partition coefficient (Wildman–Crippen LogP) is 3.41. The maximum Gasteiger partial charge on any atom is 0.224 e. The largest absolute Gasteiger partial charge is 0.494 e. The van der Waals surface area contributed by atoms with E-state index in [1.807, 2.05) is 26.0 Å². The van der Waals surface area contributed by atoms with Crippen LogP contribution >= 0.6 is 0 Å². The molecule has 3 rings (SSSR count). The second-order valence-corrected chi connectivity index (χ2v) is 6.18. The van der Waals surface area contributed by atoms with Crippen molar-refractivity contribution in [2.75, 3.05) is 6.61 Å². The van der Waals surface area contributed by atoms with Crippen molar-refractivity contribution in [1.82, 2.24) is 5.32 Å². The third-order valence-electron chi connectivity index (χ3n) is 4.16. The van der Waals surface area contributed by atoms with E-state index in [0.29, 0.717) is 18.7 Å². The monoisotopic (exact) mass is 343 g/mol. The van der Waals surface area contributed by atoms with Crippen LogP contribution in [-0.4, -0.2) is 18.6 Å². The second kappa shape index (κ2) is 7.55. The number of nitrogens with one attached hydrogen (secondary N) is 1. The van der Waals surface area contributed by atoms with Gasteiger partial charge in [0.2, 0.25) is 5.91 Å². The van der Waals surface area contributed by atoms with Gasteiger partial charge in [0, 0.05) is 24.1 Å². The van der Waals surface area contributed by atoms with E-state index in [9.17, 15) is 9.18 Å². The van der Waals surface area contributed by atoms with Crippen LogP contribution in [0, 0.1) is 5.82 Å². The third kappa shape index (κ3) is 4.10. The third-order valence-corrected chi connectivity index (χ3v) is 4.16. The van der Waals surface area contributed by atoms with Gasteiger partial charge < -0.3 is 14.8 Å². The van der Waals surface area contributed by atoms with Crippen molar-refractivity contribution < 1.29 is 18.7 Å². The lowest BCUT2D eigenvalue weighted by molar-refractivity contribution is -0.120. The summed E-state index contributed by atoms with van der Waals surface area (Å²) in [6, 6.07) is 10.2. The van der Waals surface area contributed by atoms with Crippen LogP contribution in [-0.2, 0) is 24.2 Å². The van der Waals surface area contributed by atoms with Crippen molar-refractivity contribution in [2.45, 2.75) is 39.3 Å². The molecule has 1 heterocycles. The summed E-state index contributed by atoms with van der Waals surface area (Å²) in [6.45, 7) is 4.81. The number of hydrogen-bond acceptors (Lipinski definition) is 3. The summed E-state index contributed by atoms with van der Waals surface area (Å²) >= 11 is 0. The number of carbonyl (C=O) groups is 1. The van der Waals surface area contributed by atoms with Crippen LogP contribution < -0.4 is 14.8 Å². The van der Waals surface area contributed by atoms with Gasteiger partial charge in [-0.2, -0.15) is 0 Å². The summed E-state index contributed by atoms with van der Waals surface area (Å²) < 4.78 is 25.1. The molecule has 132 valence electrons. The molecule has 1 aliphatic rings. The van der Waals surface area contributed by atoms with Crippen LogP contribution in [0.5, 0.6) is 11.5 Å². The molecule has 5 heteroatoms. The van der Waals surface area contributed by atoms with E-state index in [4.69, 9.17) is 9.47 Å². The minimum atomic E-state index is -0.368. The molecule has 0 aromatic heterocycles. The van der Waals surface area contributed by atoms with E-state index in [1.165, 1.54) is 6.07 Å². The number of benzene rings is 2. The number of amides is 1. The van der Waals surface area contributed by atoms with Crippen molar-refractivity contribution in [3.63, 3.8) is 0 Å². The molecule has 4 nitrogen and oxygen atoms in total. The SMILES string of the molecule is CCOc1cc2c(cc1CNC(=O)Cc1ccccc1F)O[C@@H](C)C2. The fourth-order valence-electron chi connectivity index (χ4n) is 2.98. The Balaban J connectivity index is 1.69. The van der Waals surface area contributed by atoms with Crippen molar-refractivity contribution in [1.29, 1.82) is 0 Å². The summed E-state index contributed by atoms with van der Waals surface area (Å²) in [5.41, 5.74) is 2.37. The van der Waals surface area contributed by atoms with E-state index < -0.39 is 0 Å².